The molecule has 0 bridgehead atoms. The number of nitrogens with one attached hydrogen (secondary N) is 1. The normalized spacial score (nSPS) is 22.8. The van der Waals surface area contributed by atoms with Gasteiger partial charge in [-0.3, -0.25) is 9.59 Å². The van der Waals surface area contributed by atoms with Crippen LogP contribution in [-0.2, 0) is 9.59 Å². The first kappa shape index (κ1) is 14.4. The second-order valence-electron chi connectivity index (χ2n) is 5.22. The highest BCUT2D eigenvalue weighted by Gasteiger charge is 2.45. The van der Waals surface area contributed by atoms with Gasteiger partial charge in [-0.15, -0.1) is 0 Å². The standard InChI is InChI=1S/C14H16F2N2O2/c1-14(7-4-8-18(2)13(14)20)12(19)17-10-6-3-5-9(15)11(10)16/h3,5-6H,4,7-8H2,1-2H3,(H,17,19). The first-order valence-electron chi connectivity index (χ1n) is 6.37. The fraction of sp³-hybridized carbons (Fsp3) is 0.429. The van der Waals surface area contributed by atoms with Crippen LogP contribution >= 0.6 is 0 Å². The lowest BCUT2D eigenvalue weighted by Crippen LogP contribution is -2.51. The molecule has 2 rings (SSSR count). The zero-order valence-corrected chi connectivity index (χ0v) is 11.4. The van der Waals surface area contributed by atoms with Crippen molar-refractivity contribution in [2.75, 3.05) is 18.9 Å². The van der Waals surface area contributed by atoms with Crippen molar-refractivity contribution >= 4 is 17.5 Å². The van der Waals surface area contributed by atoms with Crippen LogP contribution < -0.4 is 5.32 Å². The molecule has 1 atom stereocenters. The van der Waals surface area contributed by atoms with E-state index in [9.17, 15) is 18.4 Å². The molecule has 1 unspecified atom stereocenters. The number of likely N-dealkylation sites (tertiary alicyclic amines) is 1. The summed E-state index contributed by atoms with van der Waals surface area (Å²) in [6.45, 7) is 2.12. The summed E-state index contributed by atoms with van der Waals surface area (Å²) in [5, 5.41) is 2.31. The highest BCUT2D eigenvalue weighted by atomic mass is 19.2. The molecule has 1 aliphatic rings. The number of carbonyl (C=O) groups is 2. The van der Waals surface area contributed by atoms with Crippen molar-refractivity contribution in [2.45, 2.75) is 19.8 Å². The molecule has 1 saturated heterocycles. The number of carbonyl (C=O) groups excluding carboxylic acids is 2. The van der Waals surface area contributed by atoms with Gasteiger partial charge in [0.15, 0.2) is 11.6 Å². The van der Waals surface area contributed by atoms with Crippen LogP contribution in [0.2, 0.25) is 0 Å². The van der Waals surface area contributed by atoms with E-state index >= 15 is 0 Å². The van der Waals surface area contributed by atoms with Crippen molar-refractivity contribution in [1.29, 1.82) is 0 Å². The minimum absolute atomic E-state index is 0.253. The van der Waals surface area contributed by atoms with E-state index in [0.29, 0.717) is 19.4 Å². The Kier molecular flexibility index (Phi) is 3.74. The lowest BCUT2D eigenvalue weighted by atomic mass is 9.80. The second kappa shape index (κ2) is 5.19. The van der Waals surface area contributed by atoms with Gasteiger partial charge in [0, 0.05) is 13.6 Å². The van der Waals surface area contributed by atoms with Gasteiger partial charge in [0.1, 0.15) is 5.41 Å². The molecule has 0 aliphatic carbocycles. The smallest absolute Gasteiger partial charge is 0.239 e. The number of hydrogen-bond acceptors (Lipinski definition) is 2. The molecule has 1 N–H and O–H groups in total. The maximum Gasteiger partial charge on any atom is 0.239 e. The van der Waals surface area contributed by atoms with E-state index in [2.05, 4.69) is 5.32 Å². The molecule has 2 amide bonds. The maximum absolute atomic E-state index is 13.5. The molecule has 1 heterocycles. The predicted octanol–water partition coefficient (Wildman–Crippen LogP) is 2.16. The monoisotopic (exact) mass is 282 g/mol. The first-order valence-corrected chi connectivity index (χ1v) is 6.37. The van der Waals surface area contributed by atoms with Crippen LogP contribution in [0.1, 0.15) is 19.8 Å². The summed E-state index contributed by atoms with van der Waals surface area (Å²) in [4.78, 5) is 25.9. The second-order valence-corrected chi connectivity index (χ2v) is 5.22. The fourth-order valence-corrected chi connectivity index (χ4v) is 2.37. The van der Waals surface area contributed by atoms with Crippen LogP contribution in [0.25, 0.3) is 0 Å². The lowest BCUT2D eigenvalue weighted by molar-refractivity contribution is -0.150. The van der Waals surface area contributed by atoms with Gasteiger partial charge in [-0.1, -0.05) is 6.07 Å². The zero-order chi connectivity index (χ0) is 14.9. The van der Waals surface area contributed by atoms with Gasteiger partial charge in [-0.2, -0.15) is 0 Å². The molecule has 6 heteroatoms. The summed E-state index contributed by atoms with van der Waals surface area (Å²) in [6.07, 6.45) is 1.08. The topological polar surface area (TPSA) is 49.4 Å². The van der Waals surface area contributed by atoms with Crippen molar-refractivity contribution in [3.63, 3.8) is 0 Å². The van der Waals surface area contributed by atoms with Gasteiger partial charge < -0.3 is 10.2 Å². The van der Waals surface area contributed by atoms with E-state index in [-0.39, 0.29) is 11.6 Å². The van der Waals surface area contributed by atoms with Gasteiger partial charge in [0.25, 0.3) is 0 Å². The Morgan fingerprint density at radius 1 is 1.40 bits per heavy atom. The van der Waals surface area contributed by atoms with Crippen molar-refractivity contribution < 1.29 is 18.4 Å². The Morgan fingerprint density at radius 2 is 2.10 bits per heavy atom. The number of hydrogen-bond donors (Lipinski definition) is 1. The van der Waals surface area contributed by atoms with Crippen LogP contribution in [0.15, 0.2) is 18.2 Å². The minimum atomic E-state index is -1.24. The average molecular weight is 282 g/mol. The first-order chi connectivity index (χ1) is 9.36. The number of piperidine rings is 1. The van der Waals surface area contributed by atoms with Crippen LogP contribution in [-0.4, -0.2) is 30.3 Å². The molecular formula is C14H16F2N2O2. The molecule has 0 saturated carbocycles. The summed E-state index contributed by atoms with van der Waals surface area (Å²) in [5.41, 5.74) is -1.50. The fourth-order valence-electron chi connectivity index (χ4n) is 2.37. The minimum Gasteiger partial charge on any atom is -0.345 e. The maximum atomic E-state index is 13.5. The molecule has 1 aliphatic heterocycles. The summed E-state index contributed by atoms with van der Waals surface area (Å²) in [7, 11) is 1.62. The summed E-state index contributed by atoms with van der Waals surface area (Å²) in [5.74, 6) is -3.09. The van der Waals surface area contributed by atoms with Gasteiger partial charge in [0.2, 0.25) is 11.8 Å². The molecular weight excluding hydrogens is 266 g/mol. The van der Waals surface area contributed by atoms with Crippen molar-refractivity contribution in [1.82, 2.24) is 4.90 Å². The van der Waals surface area contributed by atoms with E-state index < -0.39 is 23.0 Å². The van der Waals surface area contributed by atoms with E-state index in [0.717, 1.165) is 6.07 Å². The molecule has 1 aromatic rings. The summed E-state index contributed by atoms with van der Waals surface area (Å²) >= 11 is 0. The Bertz CT molecular complexity index is 562. The summed E-state index contributed by atoms with van der Waals surface area (Å²) < 4.78 is 26.6. The predicted molar refractivity (Wildman–Crippen MR) is 70.0 cm³/mol. The quantitative estimate of drug-likeness (QED) is 0.845. The molecule has 4 nitrogen and oxygen atoms in total. The largest absolute Gasteiger partial charge is 0.345 e. The number of benzene rings is 1. The number of nitrogens with zero attached hydrogens (tertiary/aromatic N) is 1. The van der Waals surface area contributed by atoms with Crippen LogP contribution in [0.4, 0.5) is 14.5 Å². The Balaban J connectivity index is 2.23. The van der Waals surface area contributed by atoms with Crippen molar-refractivity contribution in [3.05, 3.63) is 29.8 Å². The van der Waals surface area contributed by atoms with Gasteiger partial charge in [-0.25, -0.2) is 8.78 Å². The van der Waals surface area contributed by atoms with Gasteiger partial charge in [-0.05, 0) is 31.9 Å². The average Bonchev–Trinajstić information content (AvgIpc) is 2.41. The van der Waals surface area contributed by atoms with E-state index in [1.807, 2.05) is 0 Å². The Morgan fingerprint density at radius 3 is 2.80 bits per heavy atom. The molecule has 1 aromatic carbocycles. The van der Waals surface area contributed by atoms with Crippen LogP contribution in [0.5, 0.6) is 0 Å². The van der Waals surface area contributed by atoms with Crippen LogP contribution in [0.3, 0.4) is 0 Å². The molecule has 0 radical (unpaired) electrons. The van der Waals surface area contributed by atoms with Crippen molar-refractivity contribution in [2.24, 2.45) is 5.41 Å². The number of anilines is 1. The highest BCUT2D eigenvalue weighted by molar-refractivity contribution is 6.10. The third kappa shape index (κ3) is 2.37. The lowest BCUT2D eigenvalue weighted by Gasteiger charge is -2.36. The molecule has 0 spiro atoms. The third-order valence-electron chi connectivity index (χ3n) is 3.69. The number of halogens is 2. The molecule has 20 heavy (non-hydrogen) atoms. The Hall–Kier alpha value is -1.98. The zero-order valence-electron chi connectivity index (χ0n) is 11.4. The Labute approximate surface area is 115 Å². The van der Waals surface area contributed by atoms with E-state index in [1.165, 1.54) is 24.0 Å². The molecule has 108 valence electrons. The van der Waals surface area contributed by atoms with Crippen LogP contribution in [0, 0.1) is 17.0 Å². The van der Waals surface area contributed by atoms with Crippen molar-refractivity contribution in [3.8, 4) is 0 Å². The summed E-state index contributed by atoms with van der Waals surface area (Å²) in [6, 6.07) is 3.52. The van der Waals surface area contributed by atoms with E-state index in [4.69, 9.17) is 0 Å². The number of rotatable bonds is 2. The molecule has 1 fully saturated rings. The SMILES string of the molecule is CN1CCCC(C)(C(=O)Nc2cccc(F)c2F)C1=O. The molecule has 0 aromatic heterocycles. The van der Waals surface area contributed by atoms with Gasteiger partial charge >= 0.3 is 0 Å². The van der Waals surface area contributed by atoms with E-state index in [1.54, 1.807) is 7.05 Å². The third-order valence-corrected chi connectivity index (χ3v) is 3.69. The highest BCUT2D eigenvalue weighted by Crippen LogP contribution is 2.32. The van der Waals surface area contributed by atoms with Gasteiger partial charge in [0.05, 0.1) is 5.69 Å². The number of amides is 2.